The van der Waals surface area contributed by atoms with Crippen molar-refractivity contribution in [2.24, 2.45) is 22.2 Å². The Labute approximate surface area is 231 Å². The lowest BCUT2D eigenvalue weighted by Gasteiger charge is -2.24. The number of aliphatic imine (C=N–C) groups is 1. The van der Waals surface area contributed by atoms with Crippen molar-refractivity contribution in [3.05, 3.63) is 54.1 Å². The molecule has 0 aliphatic heterocycles. The highest BCUT2D eigenvalue weighted by Crippen LogP contribution is 2.07. The van der Waals surface area contributed by atoms with Crippen LogP contribution in [0.2, 0.25) is 0 Å². The number of amides is 3. The van der Waals surface area contributed by atoms with Crippen molar-refractivity contribution in [1.82, 2.24) is 25.9 Å². The molecule has 4 atom stereocenters. The van der Waals surface area contributed by atoms with Crippen LogP contribution in [-0.4, -0.2) is 81.2 Å². The number of carbonyl (C=O) groups excluding carboxylic acids is 3. The molecule has 15 heteroatoms. The van der Waals surface area contributed by atoms with E-state index in [1.807, 2.05) is 0 Å². The average Bonchev–Trinajstić information content (AvgIpc) is 3.42. The second-order valence-electron chi connectivity index (χ2n) is 8.73. The predicted octanol–water partition coefficient (Wildman–Crippen LogP) is -1.96. The van der Waals surface area contributed by atoms with Gasteiger partial charge in [0.15, 0.2) is 5.96 Å². The van der Waals surface area contributed by atoms with Crippen molar-refractivity contribution >= 4 is 42.3 Å². The number of carboxylic acids is 1. The summed E-state index contributed by atoms with van der Waals surface area (Å²) in [6, 6.07) is 4.45. The number of H-pyrrole nitrogens is 1. The second kappa shape index (κ2) is 16.0. The Morgan fingerprint density at radius 1 is 0.974 bits per heavy atom. The fourth-order valence-corrected chi connectivity index (χ4v) is 3.80. The maximum atomic E-state index is 13.2. The fourth-order valence-electron chi connectivity index (χ4n) is 3.54. The zero-order chi connectivity index (χ0) is 28.8. The lowest BCUT2D eigenvalue weighted by atomic mass is 10.0. The second-order valence-corrected chi connectivity index (χ2v) is 9.10. The summed E-state index contributed by atoms with van der Waals surface area (Å²) in [5, 5.41) is 17.3. The monoisotopic (exact) mass is 561 g/mol. The van der Waals surface area contributed by atoms with E-state index in [9.17, 15) is 24.3 Å². The normalized spacial score (nSPS) is 13.8. The van der Waals surface area contributed by atoms with Gasteiger partial charge in [-0.1, -0.05) is 30.3 Å². The molecule has 1 aromatic carbocycles. The molecular formula is C24H35N9O5S. The van der Waals surface area contributed by atoms with E-state index >= 15 is 0 Å². The van der Waals surface area contributed by atoms with Crippen LogP contribution in [0.25, 0.3) is 0 Å². The third-order valence-electron chi connectivity index (χ3n) is 5.63. The number of hydrogen-bond donors (Lipinski definition) is 9. The van der Waals surface area contributed by atoms with Gasteiger partial charge >= 0.3 is 5.97 Å². The molecule has 0 aliphatic carbocycles. The number of carboxylic acid groups (broad SMARTS) is 1. The molecule has 3 amide bonds. The summed E-state index contributed by atoms with van der Waals surface area (Å²) in [6.45, 7) is 0.299. The van der Waals surface area contributed by atoms with Gasteiger partial charge in [0.1, 0.15) is 18.1 Å². The number of hydrogen-bond acceptors (Lipinski definition) is 8. The van der Waals surface area contributed by atoms with Crippen LogP contribution in [0, 0.1) is 0 Å². The van der Waals surface area contributed by atoms with Crippen molar-refractivity contribution in [2.45, 2.75) is 49.9 Å². The van der Waals surface area contributed by atoms with Crippen molar-refractivity contribution < 1.29 is 24.3 Å². The van der Waals surface area contributed by atoms with Crippen LogP contribution in [0.4, 0.5) is 0 Å². The number of carbonyl (C=O) groups is 4. The smallest absolute Gasteiger partial charge is 0.326 e. The van der Waals surface area contributed by atoms with Gasteiger partial charge < -0.3 is 43.2 Å². The number of imidazole rings is 1. The van der Waals surface area contributed by atoms with E-state index in [1.54, 1.807) is 30.3 Å². The predicted molar refractivity (Wildman–Crippen MR) is 148 cm³/mol. The summed E-state index contributed by atoms with van der Waals surface area (Å²) in [4.78, 5) is 61.1. The zero-order valence-electron chi connectivity index (χ0n) is 21.2. The van der Waals surface area contributed by atoms with Crippen molar-refractivity contribution in [3.8, 4) is 0 Å². The molecule has 0 bridgehead atoms. The number of aromatic nitrogens is 2. The minimum atomic E-state index is -1.27. The standard InChI is InChI=1S/C24H35N9O5S/c25-16(7-4-8-29-24(26)27)20(34)33-19(12-39)22(36)31-17(9-14-5-2-1-3-6-14)21(35)32-18(23(37)38)10-15-11-28-13-30-15/h1-3,5-6,11,13,16-19,39H,4,7-10,12,25H2,(H,28,30)(H,31,36)(H,32,35)(H,33,34)(H,37,38)(H4,26,27,29). The van der Waals surface area contributed by atoms with Gasteiger partial charge in [0.2, 0.25) is 17.7 Å². The fraction of sp³-hybridized carbons (Fsp3) is 0.417. The molecule has 0 radical (unpaired) electrons. The van der Waals surface area contributed by atoms with Gasteiger partial charge in [0.25, 0.3) is 0 Å². The van der Waals surface area contributed by atoms with Crippen molar-refractivity contribution in [2.75, 3.05) is 12.3 Å². The molecular weight excluding hydrogens is 526 g/mol. The molecule has 0 spiro atoms. The number of benzene rings is 1. The van der Waals surface area contributed by atoms with Gasteiger partial charge in [0.05, 0.1) is 12.4 Å². The minimum Gasteiger partial charge on any atom is -0.480 e. The summed E-state index contributed by atoms with van der Waals surface area (Å²) in [5.41, 5.74) is 17.7. The number of rotatable bonds is 16. The molecule has 14 nitrogen and oxygen atoms in total. The number of nitrogens with two attached hydrogens (primary N) is 3. The van der Waals surface area contributed by atoms with Crippen LogP contribution >= 0.6 is 12.6 Å². The van der Waals surface area contributed by atoms with Crippen LogP contribution < -0.4 is 33.2 Å². The topological polar surface area (TPSA) is 244 Å². The van der Waals surface area contributed by atoms with Gasteiger partial charge in [0, 0.05) is 37.0 Å². The Kier molecular flexibility index (Phi) is 12.8. The Bertz CT molecular complexity index is 1110. The van der Waals surface area contributed by atoms with E-state index in [2.05, 4.69) is 43.5 Å². The average molecular weight is 562 g/mol. The highest BCUT2D eigenvalue weighted by molar-refractivity contribution is 7.80. The molecule has 4 unspecified atom stereocenters. The molecule has 1 heterocycles. The van der Waals surface area contributed by atoms with E-state index in [0.29, 0.717) is 18.7 Å². The van der Waals surface area contributed by atoms with E-state index in [4.69, 9.17) is 17.2 Å². The van der Waals surface area contributed by atoms with E-state index in [1.165, 1.54) is 12.5 Å². The summed E-state index contributed by atoms with van der Waals surface area (Å²) >= 11 is 4.16. The van der Waals surface area contributed by atoms with Crippen molar-refractivity contribution in [3.63, 3.8) is 0 Å². The Morgan fingerprint density at radius 2 is 1.62 bits per heavy atom. The third kappa shape index (κ3) is 11.0. The van der Waals surface area contributed by atoms with Crippen LogP contribution in [0.5, 0.6) is 0 Å². The number of nitrogens with zero attached hydrogens (tertiary/aromatic N) is 2. The molecule has 0 aliphatic rings. The molecule has 2 aromatic rings. The Morgan fingerprint density at radius 3 is 2.21 bits per heavy atom. The molecule has 0 saturated carbocycles. The molecule has 2 rings (SSSR count). The lowest BCUT2D eigenvalue weighted by molar-refractivity contribution is -0.142. The molecule has 212 valence electrons. The van der Waals surface area contributed by atoms with E-state index in [-0.39, 0.29) is 31.0 Å². The third-order valence-corrected chi connectivity index (χ3v) is 5.99. The van der Waals surface area contributed by atoms with Gasteiger partial charge in [-0.25, -0.2) is 9.78 Å². The largest absolute Gasteiger partial charge is 0.480 e. The Balaban J connectivity index is 2.09. The van der Waals surface area contributed by atoms with E-state index in [0.717, 1.165) is 5.56 Å². The maximum Gasteiger partial charge on any atom is 0.326 e. The first-order valence-corrected chi connectivity index (χ1v) is 12.8. The SMILES string of the molecule is NC(N)=NCCCC(N)C(=O)NC(CS)C(=O)NC(Cc1ccccc1)C(=O)NC(Cc1cnc[nH]1)C(=O)O. The van der Waals surface area contributed by atoms with Crippen LogP contribution in [-0.2, 0) is 32.0 Å². The first-order valence-electron chi connectivity index (χ1n) is 12.2. The highest BCUT2D eigenvalue weighted by atomic mass is 32.1. The van der Waals surface area contributed by atoms with Crippen LogP contribution in [0.3, 0.4) is 0 Å². The van der Waals surface area contributed by atoms with Gasteiger partial charge in [-0.15, -0.1) is 0 Å². The van der Waals surface area contributed by atoms with Crippen molar-refractivity contribution in [1.29, 1.82) is 0 Å². The summed E-state index contributed by atoms with van der Waals surface area (Å²) in [5.74, 6) is -3.36. The number of guanidine groups is 1. The molecule has 0 saturated heterocycles. The lowest BCUT2D eigenvalue weighted by Crippen LogP contribution is -2.58. The minimum absolute atomic E-state index is 0.0382. The number of thiol groups is 1. The van der Waals surface area contributed by atoms with Gasteiger partial charge in [-0.3, -0.25) is 19.4 Å². The number of aliphatic carboxylic acids is 1. The van der Waals surface area contributed by atoms with Gasteiger partial charge in [-0.2, -0.15) is 12.6 Å². The molecule has 1 aromatic heterocycles. The number of nitrogens with one attached hydrogen (secondary N) is 4. The first-order chi connectivity index (χ1) is 18.6. The summed E-state index contributed by atoms with van der Waals surface area (Å²) in [7, 11) is 0. The zero-order valence-corrected chi connectivity index (χ0v) is 22.1. The maximum absolute atomic E-state index is 13.2. The van der Waals surface area contributed by atoms with Crippen LogP contribution in [0.1, 0.15) is 24.1 Å². The summed E-state index contributed by atoms with van der Waals surface area (Å²) < 4.78 is 0. The Hall–Kier alpha value is -4.11. The van der Waals surface area contributed by atoms with Crippen LogP contribution in [0.15, 0.2) is 47.8 Å². The quantitative estimate of drug-likeness (QED) is 0.0477. The van der Waals surface area contributed by atoms with E-state index < -0.39 is 47.9 Å². The first kappa shape index (κ1) is 31.1. The molecule has 11 N–H and O–H groups in total. The highest BCUT2D eigenvalue weighted by Gasteiger charge is 2.30. The van der Waals surface area contributed by atoms with Gasteiger partial charge in [-0.05, 0) is 18.4 Å². The molecule has 39 heavy (non-hydrogen) atoms. The molecule has 0 fully saturated rings. The summed E-state index contributed by atoms with van der Waals surface area (Å²) in [6.07, 6.45) is 3.62. The number of aromatic amines is 1.